The first-order valence-corrected chi connectivity index (χ1v) is 6.21. The minimum absolute atomic E-state index is 0.0610. The Morgan fingerprint density at radius 3 is 2.76 bits per heavy atom. The summed E-state index contributed by atoms with van der Waals surface area (Å²) < 4.78 is 2.81. The molecule has 0 amide bonds. The Hall–Kier alpha value is -1.20. The first-order chi connectivity index (χ1) is 8.06. The molecule has 1 aromatic carbocycles. The second kappa shape index (κ2) is 4.98. The molecule has 5 heteroatoms. The van der Waals surface area contributed by atoms with Crippen molar-refractivity contribution in [3.05, 3.63) is 46.0 Å². The number of aromatic nitrogens is 3. The number of benzene rings is 1. The molecule has 0 aliphatic rings. The molecule has 1 heterocycles. The Bertz CT molecular complexity index is 501. The van der Waals surface area contributed by atoms with E-state index in [1.54, 1.807) is 11.0 Å². The smallest absolute Gasteiger partial charge is 0.138 e. The lowest BCUT2D eigenvalue weighted by molar-refractivity contribution is 0.629. The molecule has 4 nitrogen and oxygen atoms in total. The molecule has 1 unspecified atom stereocenters. The summed E-state index contributed by atoms with van der Waals surface area (Å²) in [7, 11) is 1.88. The molecular weight excluding hydrogens is 280 g/mol. The standard InChI is InChI=1S/C12H15BrN4/c1-8-3-9(5-10(13)4-8)11(14)6-12-15-7-16-17(12)2/h3-5,7,11H,6,14H2,1-2H3. The highest BCUT2D eigenvalue weighted by Crippen LogP contribution is 2.21. The van der Waals surface area contributed by atoms with Gasteiger partial charge in [-0.15, -0.1) is 0 Å². The molecule has 2 aromatic rings. The number of hydrogen-bond donors (Lipinski definition) is 1. The van der Waals surface area contributed by atoms with Crippen molar-refractivity contribution < 1.29 is 0 Å². The van der Waals surface area contributed by atoms with Crippen LogP contribution in [0.3, 0.4) is 0 Å². The van der Waals surface area contributed by atoms with Gasteiger partial charge in [0.25, 0.3) is 0 Å². The summed E-state index contributed by atoms with van der Waals surface area (Å²) in [5.74, 6) is 0.898. The molecule has 0 saturated carbocycles. The molecule has 17 heavy (non-hydrogen) atoms. The van der Waals surface area contributed by atoms with Crippen LogP contribution in [0.1, 0.15) is 23.0 Å². The highest BCUT2D eigenvalue weighted by molar-refractivity contribution is 9.10. The van der Waals surface area contributed by atoms with Crippen LogP contribution in [0.15, 0.2) is 29.0 Å². The fraction of sp³-hybridized carbons (Fsp3) is 0.333. The van der Waals surface area contributed by atoms with E-state index >= 15 is 0 Å². The van der Waals surface area contributed by atoms with Gasteiger partial charge in [0.15, 0.2) is 0 Å². The third-order valence-corrected chi connectivity index (χ3v) is 3.16. The van der Waals surface area contributed by atoms with Gasteiger partial charge >= 0.3 is 0 Å². The Balaban J connectivity index is 2.20. The van der Waals surface area contributed by atoms with E-state index in [0.29, 0.717) is 6.42 Å². The summed E-state index contributed by atoms with van der Waals surface area (Å²) in [4.78, 5) is 4.19. The minimum Gasteiger partial charge on any atom is -0.324 e. The molecule has 2 N–H and O–H groups in total. The van der Waals surface area contributed by atoms with Crippen LogP contribution in [0, 0.1) is 6.92 Å². The van der Waals surface area contributed by atoms with Crippen LogP contribution < -0.4 is 5.73 Å². The Morgan fingerprint density at radius 2 is 2.18 bits per heavy atom. The number of halogens is 1. The zero-order valence-corrected chi connectivity index (χ0v) is 11.5. The van der Waals surface area contributed by atoms with Crippen molar-refractivity contribution in [1.29, 1.82) is 0 Å². The number of rotatable bonds is 3. The second-order valence-electron chi connectivity index (χ2n) is 4.17. The van der Waals surface area contributed by atoms with Crippen LogP contribution in [0.4, 0.5) is 0 Å². The third-order valence-electron chi connectivity index (χ3n) is 2.70. The molecule has 0 aliphatic carbocycles. The molecule has 0 fully saturated rings. The molecule has 2 rings (SSSR count). The van der Waals surface area contributed by atoms with E-state index in [1.165, 1.54) is 5.56 Å². The second-order valence-corrected chi connectivity index (χ2v) is 5.09. The van der Waals surface area contributed by atoms with Crippen molar-refractivity contribution >= 4 is 15.9 Å². The van der Waals surface area contributed by atoms with E-state index in [1.807, 2.05) is 13.1 Å². The molecule has 1 aromatic heterocycles. The summed E-state index contributed by atoms with van der Waals surface area (Å²) >= 11 is 3.48. The number of nitrogens with zero attached hydrogens (tertiary/aromatic N) is 3. The normalized spacial score (nSPS) is 12.7. The topological polar surface area (TPSA) is 56.7 Å². The number of aryl methyl sites for hydroxylation is 2. The van der Waals surface area contributed by atoms with E-state index in [4.69, 9.17) is 5.73 Å². The van der Waals surface area contributed by atoms with Gasteiger partial charge in [-0.05, 0) is 30.2 Å². The van der Waals surface area contributed by atoms with Crippen LogP contribution in [-0.2, 0) is 13.5 Å². The van der Waals surface area contributed by atoms with Gasteiger partial charge in [0.05, 0.1) is 0 Å². The lowest BCUT2D eigenvalue weighted by atomic mass is 10.0. The predicted molar refractivity (Wildman–Crippen MR) is 70.5 cm³/mol. The van der Waals surface area contributed by atoms with Gasteiger partial charge in [-0.3, -0.25) is 4.68 Å². The summed E-state index contributed by atoms with van der Waals surface area (Å²) in [5.41, 5.74) is 8.50. The van der Waals surface area contributed by atoms with Crippen molar-refractivity contribution in [3.63, 3.8) is 0 Å². The van der Waals surface area contributed by atoms with Crippen LogP contribution in [0.25, 0.3) is 0 Å². The van der Waals surface area contributed by atoms with Gasteiger partial charge in [0.2, 0.25) is 0 Å². The zero-order valence-electron chi connectivity index (χ0n) is 9.89. The minimum atomic E-state index is -0.0610. The van der Waals surface area contributed by atoms with Gasteiger partial charge in [0.1, 0.15) is 12.2 Å². The molecule has 0 spiro atoms. The zero-order chi connectivity index (χ0) is 12.4. The highest BCUT2D eigenvalue weighted by atomic mass is 79.9. The van der Waals surface area contributed by atoms with Crippen molar-refractivity contribution in [1.82, 2.24) is 14.8 Å². The van der Waals surface area contributed by atoms with E-state index in [-0.39, 0.29) is 6.04 Å². The molecule has 0 bridgehead atoms. The highest BCUT2D eigenvalue weighted by Gasteiger charge is 2.11. The predicted octanol–water partition coefficient (Wildman–Crippen LogP) is 2.13. The Morgan fingerprint density at radius 1 is 1.41 bits per heavy atom. The van der Waals surface area contributed by atoms with Crippen molar-refractivity contribution in [2.24, 2.45) is 12.8 Å². The van der Waals surface area contributed by atoms with Crippen LogP contribution >= 0.6 is 15.9 Å². The number of nitrogens with two attached hydrogens (primary N) is 1. The third kappa shape index (κ3) is 2.92. The SMILES string of the molecule is Cc1cc(Br)cc(C(N)Cc2ncnn2C)c1. The first kappa shape index (κ1) is 12.3. The van der Waals surface area contributed by atoms with Gasteiger partial charge in [-0.2, -0.15) is 5.10 Å². The maximum absolute atomic E-state index is 6.19. The molecule has 90 valence electrons. The van der Waals surface area contributed by atoms with Crippen LogP contribution in [-0.4, -0.2) is 14.8 Å². The van der Waals surface area contributed by atoms with E-state index in [9.17, 15) is 0 Å². The molecule has 0 saturated heterocycles. The number of hydrogen-bond acceptors (Lipinski definition) is 3. The van der Waals surface area contributed by atoms with Crippen molar-refractivity contribution in [2.75, 3.05) is 0 Å². The average Bonchev–Trinajstić information content (AvgIpc) is 2.63. The lowest BCUT2D eigenvalue weighted by Gasteiger charge is -2.12. The van der Waals surface area contributed by atoms with E-state index < -0.39 is 0 Å². The summed E-state index contributed by atoms with van der Waals surface area (Å²) in [6.45, 7) is 2.06. The Kier molecular flexibility index (Phi) is 3.59. The average molecular weight is 295 g/mol. The molecular formula is C12H15BrN4. The van der Waals surface area contributed by atoms with E-state index in [0.717, 1.165) is 15.9 Å². The van der Waals surface area contributed by atoms with Gasteiger partial charge in [0, 0.05) is 24.0 Å². The molecule has 0 radical (unpaired) electrons. The van der Waals surface area contributed by atoms with Gasteiger partial charge < -0.3 is 5.73 Å². The summed E-state index contributed by atoms with van der Waals surface area (Å²) in [6, 6.07) is 6.16. The lowest BCUT2D eigenvalue weighted by Crippen LogP contribution is -2.16. The maximum Gasteiger partial charge on any atom is 0.138 e. The fourth-order valence-corrected chi connectivity index (χ4v) is 2.42. The van der Waals surface area contributed by atoms with Gasteiger partial charge in [-0.1, -0.05) is 22.0 Å². The largest absolute Gasteiger partial charge is 0.324 e. The summed E-state index contributed by atoms with van der Waals surface area (Å²) in [5, 5.41) is 4.04. The molecule has 0 aliphatic heterocycles. The first-order valence-electron chi connectivity index (χ1n) is 5.42. The quantitative estimate of drug-likeness (QED) is 0.943. The monoisotopic (exact) mass is 294 g/mol. The maximum atomic E-state index is 6.19. The summed E-state index contributed by atoms with van der Waals surface area (Å²) in [6.07, 6.45) is 2.24. The fourth-order valence-electron chi connectivity index (χ4n) is 1.80. The molecule has 1 atom stereocenters. The van der Waals surface area contributed by atoms with Crippen LogP contribution in [0.5, 0.6) is 0 Å². The van der Waals surface area contributed by atoms with Crippen molar-refractivity contribution in [3.8, 4) is 0 Å². The van der Waals surface area contributed by atoms with Gasteiger partial charge in [-0.25, -0.2) is 4.98 Å². The van der Waals surface area contributed by atoms with E-state index in [2.05, 4.69) is 45.1 Å². The van der Waals surface area contributed by atoms with Crippen molar-refractivity contribution in [2.45, 2.75) is 19.4 Å². The Labute approximate surface area is 109 Å². The van der Waals surface area contributed by atoms with Crippen LogP contribution in [0.2, 0.25) is 0 Å².